The second-order valence-corrected chi connectivity index (χ2v) is 10.8. The molecule has 2 aliphatic rings. The van der Waals surface area contributed by atoms with Crippen LogP contribution in [-0.2, 0) is 6.54 Å². The van der Waals surface area contributed by atoms with Crippen LogP contribution < -0.4 is 20.4 Å². The number of hydrogen-bond acceptors (Lipinski definition) is 10. The summed E-state index contributed by atoms with van der Waals surface area (Å²) >= 11 is 0. The van der Waals surface area contributed by atoms with Crippen molar-refractivity contribution in [2.24, 2.45) is 0 Å². The topological polar surface area (TPSA) is 117 Å². The first-order chi connectivity index (χ1) is 20.8. The van der Waals surface area contributed by atoms with Crippen LogP contribution in [0.2, 0.25) is 0 Å². The minimum atomic E-state index is -0.282. The van der Waals surface area contributed by atoms with E-state index in [1.807, 2.05) is 16.5 Å². The second-order valence-electron chi connectivity index (χ2n) is 10.8. The molecule has 2 aliphatic heterocycles. The van der Waals surface area contributed by atoms with Gasteiger partial charge >= 0.3 is 0 Å². The summed E-state index contributed by atoms with van der Waals surface area (Å²) in [4.78, 5) is 26.9. The predicted molar refractivity (Wildman–Crippen MR) is 160 cm³/mol. The molecule has 224 valence electrons. The Balaban J connectivity index is 1.29. The van der Waals surface area contributed by atoms with Crippen molar-refractivity contribution in [3.8, 4) is 11.4 Å². The Labute approximate surface area is 249 Å². The number of hydrazine groups is 1. The van der Waals surface area contributed by atoms with Crippen molar-refractivity contribution in [1.29, 1.82) is 0 Å². The summed E-state index contributed by atoms with van der Waals surface area (Å²) in [6.45, 7) is 7.81. The van der Waals surface area contributed by atoms with Crippen LogP contribution in [0.4, 0.5) is 21.8 Å². The van der Waals surface area contributed by atoms with Crippen molar-refractivity contribution in [3.63, 3.8) is 0 Å². The second kappa shape index (κ2) is 11.9. The number of carbonyl (C=O) groups is 1. The van der Waals surface area contributed by atoms with Gasteiger partial charge in [-0.05, 0) is 56.3 Å². The number of amides is 1. The molecule has 0 radical (unpaired) electrons. The molecule has 0 aliphatic carbocycles. The van der Waals surface area contributed by atoms with Crippen LogP contribution >= 0.6 is 0 Å². The van der Waals surface area contributed by atoms with Crippen LogP contribution in [0.5, 0.6) is 5.75 Å². The van der Waals surface area contributed by atoms with Gasteiger partial charge in [0, 0.05) is 38.3 Å². The maximum atomic E-state index is 13.7. The number of halogens is 1. The number of likely N-dealkylation sites (N-methyl/N-ethyl adjacent to an activating group) is 1. The van der Waals surface area contributed by atoms with Crippen molar-refractivity contribution < 1.29 is 13.9 Å². The average Bonchev–Trinajstić information content (AvgIpc) is 3.40. The van der Waals surface area contributed by atoms with E-state index in [1.165, 1.54) is 12.1 Å². The number of rotatable bonds is 8. The SMILES string of the molecule is CC[C@@H]1c2nnc(C)n2-c2cnc(Nc3ccc(C(=O)NN4CCN(C)CC4)cc3OC)nc2N1Cc1ccc(F)cc1. The van der Waals surface area contributed by atoms with Gasteiger partial charge in [-0.1, -0.05) is 19.1 Å². The lowest BCUT2D eigenvalue weighted by atomic mass is 10.1. The molecule has 2 N–H and O–H groups in total. The number of methoxy groups -OCH3 is 1. The van der Waals surface area contributed by atoms with Crippen LogP contribution in [0.25, 0.3) is 5.69 Å². The highest BCUT2D eigenvalue weighted by molar-refractivity contribution is 5.95. The molecule has 4 heterocycles. The van der Waals surface area contributed by atoms with E-state index in [1.54, 1.807) is 43.6 Å². The van der Waals surface area contributed by atoms with E-state index >= 15 is 0 Å². The molecular weight excluding hydrogens is 551 g/mol. The van der Waals surface area contributed by atoms with Gasteiger partial charge in [0.05, 0.1) is 25.0 Å². The first kappa shape index (κ1) is 28.5. The summed E-state index contributed by atoms with van der Waals surface area (Å²) in [7, 11) is 3.63. The standard InChI is InChI=1S/C30H35FN10O2/c1-5-24-28-36-35-19(2)41(28)25-17-32-30(34-27(25)40(24)18-20-6-9-22(31)10-7-20)33-23-11-8-21(16-26(23)43-4)29(42)37-39-14-12-38(3)13-15-39/h6-11,16-17,24H,5,12-15,18H2,1-4H3,(H,37,42)(H,32,33,34)/t24-/m1/s1. The summed E-state index contributed by atoms with van der Waals surface area (Å²) in [5, 5.41) is 14.0. The van der Waals surface area contributed by atoms with Crippen LogP contribution in [0, 0.1) is 12.7 Å². The Kier molecular flexibility index (Phi) is 7.91. The lowest BCUT2D eigenvalue weighted by molar-refractivity contribution is 0.0662. The molecular formula is C30H35FN10O2. The van der Waals surface area contributed by atoms with Crippen molar-refractivity contribution in [2.75, 3.05) is 50.6 Å². The Morgan fingerprint density at radius 3 is 2.58 bits per heavy atom. The molecule has 0 saturated carbocycles. The molecule has 1 fully saturated rings. The number of benzene rings is 2. The number of aryl methyl sites for hydroxylation is 1. The third-order valence-corrected chi connectivity index (χ3v) is 7.91. The summed E-state index contributed by atoms with van der Waals surface area (Å²) < 4.78 is 21.3. The molecule has 13 heteroatoms. The van der Waals surface area contributed by atoms with E-state index in [2.05, 4.69) is 49.7 Å². The molecule has 12 nitrogen and oxygen atoms in total. The molecule has 4 aromatic rings. The van der Waals surface area contributed by atoms with Gasteiger partial charge in [0.2, 0.25) is 5.95 Å². The maximum absolute atomic E-state index is 13.7. The van der Waals surface area contributed by atoms with Crippen LogP contribution in [0.15, 0.2) is 48.7 Å². The zero-order valence-electron chi connectivity index (χ0n) is 24.7. The fraction of sp³-hybridized carbons (Fsp3) is 0.367. The number of ether oxygens (including phenoxy) is 1. The summed E-state index contributed by atoms with van der Waals surface area (Å²) in [5.74, 6) is 2.63. The summed E-state index contributed by atoms with van der Waals surface area (Å²) in [5.41, 5.74) is 5.79. The zero-order valence-corrected chi connectivity index (χ0v) is 24.7. The van der Waals surface area contributed by atoms with Crippen molar-refractivity contribution in [1.82, 2.24) is 40.1 Å². The number of hydrogen-bond donors (Lipinski definition) is 2. The highest BCUT2D eigenvalue weighted by Crippen LogP contribution is 2.40. The number of piperazine rings is 1. The normalized spacial score (nSPS) is 16.9. The minimum absolute atomic E-state index is 0.103. The number of nitrogens with zero attached hydrogens (tertiary/aromatic N) is 8. The molecule has 2 aromatic carbocycles. The largest absolute Gasteiger partial charge is 0.495 e. The first-order valence-electron chi connectivity index (χ1n) is 14.3. The Bertz CT molecular complexity index is 1620. The van der Waals surface area contributed by atoms with Gasteiger partial charge in [-0.15, -0.1) is 10.2 Å². The number of carbonyl (C=O) groups excluding carboxylic acids is 1. The quantitative estimate of drug-likeness (QED) is 0.317. The average molecular weight is 587 g/mol. The van der Waals surface area contributed by atoms with Crippen LogP contribution in [0.1, 0.15) is 47.0 Å². The fourth-order valence-corrected chi connectivity index (χ4v) is 5.53. The molecule has 2 aromatic heterocycles. The molecule has 0 bridgehead atoms. The number of anilines is 3. The number of fused-ring (bicyclic) bond motifs is 3. The summed E-state index contributed by atoms with van der Waals surface area (Å²) in [6, 6.07) is 11.6. The van der Waals surface area contributed by atoms with Crippen molar-refractivity contribution >= 4 is 23.4 Å². The molecule has 0 unspecified atom stereocenters. The highest BCUT2D eigenvalue weighted by atomic mass is 19.1. The van der Waals surface area contributed by atoms with Crippen molar-refractivity contribution in [2.45, 2.75) is 32.9 Å². The lowest BCUT2D eigenvalue weighted by Crippen LogP contribution is -2.52. The first-order valence-corrected chi connectivity index (χ1v) is 14.3. The minimum Gasteiger partial charge on any atom is -0.495 e. The van der Waals surface area contributed by atoms with E-state index in [0.717, 1.165) is 55.5 Å². The van der Waals surface area contributed by atoms with Crippen LogP contribution in [-0.4, -0.2) is 80.9 Å². The van der Waals surface area contributed by atoms with Gasteiger partial charge in [0.15, 0.2) is 11.6 Å². The Morgan fingerprint density at radius 1 is 1.09 bits per heavy atom. The van der Waals surface area contributed by atoms with Gasteiger partial charge in [0.1, 0.15) is 23.1 Å². The van der Waals surface area contributed by atoms with E-state index in [-0.39, 0.29) is 17.8 Å². The molecule has 1 saturated heterocycles. The van der Waals surface area contributed by atoms with Gasteiger partial charge in [0.25, 0.3) is 5.91 Å². The molecule has 43 heavy (non-hydrogen) atoms. The van der Waals surface area contributed by atoms with Gasteiger partial charge in [-0.2, -0.15) is 4.98 Å². The van der Waals surface area contributed by atoms with Crippen molar-refractivity contribution in [3.05, 3.63) is 77.3 Å². The molecule has 1 atom stereocenters. The van der Waals surface area contributed by atoms with Gasteiger partial charge in [-0.3, -0.25) is 14.8 Å². The smallest absolute Gasteiger partial charge is 0.265 e. The lowest BCUT2D eigenvalue weighted by Gasteiger charge is -2.37. The molecule has 6 rings (SSSR count). The van der Waals surface area contributed by atoms with E-state index < -0.39 is 0 Å². The van der Waals surface area contributed by atoms with Crippen LogP contribution in [0.3, 0.4) is 0 Å². The van der Waals surface area contributed by atoms with E-state index in [4.69, 9.17) is 9.72 Å². The van der Waals surface area contributed by atoms with Gasteiger partial charge in [-0.25, -0.2) is 14.4 Å². The zero-order chi connectivity index (χ0) is 30.1. The Hall–Kier alpha value is -4.62. The number of aromatic nitrogens is 5. The third-order valence-electron chi connectivity index (χ3n) is 7.91. The molecule has 0 spiro atoms. The predicted octanol–water partition coefficient (Wildman–Crippen LogP) is 3.62. The molecule has 1 amide bonds. The van der Waals surface area contributed by atoms with Gasteiger partial charge < -0.3 is 19.9 Å². The Morgan fingerprint density at radius 2 is 1.86 bits per heavy atom. The fourth-order valence-electron chi connectivity index (χ4n) is 5.53. The monoisotopic (exact) mass is 586 g/mol. The highest BCUT2D eigenvalue weighted by Gasteiger charge is 2.35. The number of nitrogens with one attached hydrogen (secondary N) is 2. The maximum Gasteiger partial charge on any atom is 0.265 e. The van der Waals surface area contributed by atoms with E-state index in [0.29, 0.717) is 35.3 Å². The summed E-state index contributed by atoms with van der Waals surface area (Å²) in [6.07, 6.45) is 2.51. The third kappa shape index (κ3) is 5.73. The van der Waals surface area contributed by atoms with E-state index in [9.17, 15) is 9.18 Å².